The third kappa shape index (κ3) is 4.24. The summed E-state index contributed by atoms with van der Waals surface area (Å²) in [6, 6.07) is 15.1. The van der Waals surface area contributed by atoms with E-state index in [0.29, 0.717) is 11.4 Å². The van der Waals surface area contributed by atoms with Crippen molar-refractivity contribution in [1.82, 2.24) is 0 Å². The van der Waals surface area contributed by atoms with Gasteiger partial charge in [0.2, 0.25) is 0 Å². The highest BCUT2D eigenvalue weighted by molar-refractivity contribution is 5.89. The van der Waals surface area contributed by atoms with E-state index in [1.165, 1.54) is 11.6 Å². The van der Waals surface area contributed by atoms with Gasteiger partial charge < -0.3 is 15.2 Å². The zero-order valence-electron chi connectivity index (χ0n) is 12.0. The van der Waals surface area contributed by atoms with Crippen molar-refractivity contribution in [1.29, 1.82) is 0 Å². The van der Waals surface area contributed by atoms with Crippen molar-refractivity contribution in [3.05, 3.63) is 59.7 Å². The minimum Gasteiger partial charge on any atom is -0.495 e. The van der Waals surface area contributed by atoms with E-state index >= 15 is 0 Å². The second-order valence-electron chi connectivity index (χ2n) is 4.74. The normalized spacial score (nSPS) is 10.1. The first-order valence-electron chi connectivity index (χ1n) is 6.90. The number of carboxylic acids is 1. The Hall–Kier alpha value is -2.49. The third-order valence-electron chi connectivity index (χ3n) is 3.25. The molecule has 0 saturated carbocycles. The molecule has 0 radical (unpaired) electrons. The molecule has 0 atom stereocenters. The molecule has 0 fully saturated rings. The molecule has 2 N–H and O–H groups in total. The van der Waals surface area contributed by atoms with Gasteiger partial charge in [-0.3, -0.25) is 0 Å². The number of carboxylic acid groups (broad SMARTS) is 1. The van der Waals surface area contributed by atoms with Crippen LogP contribution in [0.2, 0.25) is 0 Å². The minimum atomic E-state index is -0.940. The Kier molecular flexibility index (Phi) is 5.21. The molecule has 0 heterocycles. The van der Waals surface area contributed by atoms with Gasteiger partial charge in [0, 0.05) is 6.54 Å². The standard InChI is InChI=1S/C17H19NO3/c1-21-16-10-9-14(17(19)20)12-15(16)18-11-5-8-13-6-3-2-4-7-13/h2-4,6-7,9-10,12,18H,5,8,11H2,1H3,(H,19,20). The first-order valence-corrected chi connectivity index (χ1v) is 6.90. The van der Waals surface area contributed by atoms with E-state index in [1.54, 1.807) is 19.2 Å². The number of aryl methyl sites for hydroxylation is 1. The van der Waals surface area contributed by atoms with Crippen LogP contribution in [0.15, 0.2) is 48.5 Å². The average Bonchev–Trinajstić information content (AvgIpc) is 2.52. The number of rotatable bonds is 7. The summed E-state index contributed by atoms with van der Waals surface area (Å²) in [4.78, 5) is 11.0. The first kappa shape index (κ1) is 14.9. The van der Waals surface area contributed by atoms with Gasteiger partial charge >= 0.3 is 5.97 Å². The highest BCUT2D eigenvalue weighted by atomic mass is 16.5. The van der Waals surface area contributed by atoms with Crippen molar-refractivity contribution in [2.45, 2.75) is 12.8 Å². The fourth-order valence-corrected chi connectivity index (χ4v) is 2.14. The van der Waals surface area contributed by atoms with Crippen molar-refractivity contribution in [3.8, 4) is 5.75 Å². The lowest BCUT2D eigenvalue weighted by Crippen LogP contribution is -2.06. The van der Waals surface area contributed by atoms with Gasteiger partial charge in [-0.25, -0.2) is 4.79 Å². The van der Waals surface area contributed by atoms with Crippen LogP contribution in [0, 0.1) is 0 Å². The molecule has 0 aliphatic heterocycles. The molecule has 4 nitrogen and oxygen atoms in total. The Labute approximate surface area is 124 Å². The molecular weight excluding hydrogens is 266 g/mol. The van der Waals surface area contributed by atoms with Crippen LogP contribution < -0.4 is 10.1 Å². The molecule has 0 unspecified atom stereocenters. The van der Waals surface area contributed by atoms with Gasteiger partial charge in [0.25, 0.3) is 0 Å². The van der Waals surface area contributed by atoms with Gasteiger partial charge in [0.15, 0.2) is 0 Å². The van der Waals surface area contributed by atoms with E-state index in [1.807, 2.05) is 18.2 Å². The van der Waals surface area contributed by atoms with Gasteiger partial charge in [-0.15, -0.1) is 0 Å². The van der Waals surface area contributed by atoms with Crippen molar-refractivity contribution in [2.75, 3.05) is 19.0 Å². The summed E-state index contributed by atoms with van der Waals surface area (Å²) in [6.45, 7) is 0.758. The highest BCUT2D eigenvalue weighted by Crippen LogP contribution is 2.25. The molecule has 4 heteroatoms. The fraction of sp³-hybridized carbons (Fsp3) is 0.235. The number of carbonyl (C=O) groups is 1. The van der Waals surface area contributed by atoms with Crippen LogP contribution >= 0.6 is 0 Å². The maximum absolute atomic E-state index is 11.0. The van der Waals surface area contributed by atoms with E-state index < -0.39 is 5.97 Å². The van der Waals surface area contributed by atoms with Crippen molar-refractivity contribution >= 4 is 11.7 Å². The van der Waals surface area contributed by atoms with Gasteiger partial charge in [0.05, 0.1) is 18.4 Å². The molecule has 0 aliphatic rings. The van der Waals surface area contributed by atoms with Crippen LogP contribution in [0.3, 0.4) is 0 Å². The smallest absolute Gasteiger partial charge is 0.335 e. The van der Waals surface area contributed by atoms with Crippen molar-refractivity contribution in [2.24, 2.45) is 0 Å². The molecule has 21 heavy (non-hydrogen) atoms. The predicted octanol–water partition coefficient (Wildman–Crippen LogP) is 3.44. The first-order chi connectivity index (χ1) is 10.2. The zero-order chi connectivity index (χ0) is 15.1. The van der Waals surface area contributed by atoms with E-state index in [2.05, 4.69) is 17.4 Å². The zero-order valence-corrected chi connectivity index (χ0v) is 12.0. The molecule has 0 bridgehead atoms. The predicted molar refractivity (Wildman–Crippen MR) is 83.2 cm³/mol. The summed E-state index contributed by atoms with van der Waals surface area (Å²) >= 11 is 0. The summed E-state index contributed by atoms with van der Waals surface area (Å²) in [5.74, 6) is -0.287. The monoisotopic (exact) mass is 285 g/mol. The quantitative estimate of drug-likeness (QED) is 0.765. The molecule has 0 saturated heterocycles. The highest BCUT2D eigenvalue weighted by Gasteiger charge is 2.08. The molecule has 2 aromatic carbocycles. The molecule has 0 spiro atoms. The van der Waals surface area contributed by atoms with Crippen LogP contribution in [0.1, 0.15) is 22.3 Å². The SMILES string of the molecule is COc1ccc(C(=O)O)cc1NCCCc1ccccc1. The summed E-state index contributed by atoms with van der Waals surface area (Å²) in [6.07, 6.45) is 1.94. The van der Waals surface area contributed by atoms with Crippen LogP contribution in [0.4, 0.5) is 5.69 Å². The molecular formula is C17H19NO3. The lowest BCUT2D eigenvalue weighted by molar-refractivity contribution is 0.0697. The van der Waals surface area contributed by atoms with E-state index in [9.17, 15) is 4.79 Å². The summed E-state index contributed by atoms with van der Waals surface area (Å²) in [5, 5.41) is 12.3. The van der Waals surface area contributed by atoms with Crippen molar-refractivity contribution in [3.63, 3.8) is 0 Å². The van der Waals surface area contributed by atoms with Crippen LogP contribution in [-0.4, -0.2) is 24.7 Å². The number of hydrogen-bond acceptors (Lipinski definition) is 3. The molecule has 0 aliphatic carbocycles. The Morgan fingerprint density at radius 1 is 1.19 bits per heavy atom. The number of hydrogen-bond donors (Lipinski definition) is 2. The second kappa shape index (κ2) is 7.33. The number of ether oxygens (including phenoxy) is 1. The number of nitrogens with one attached hydrogen (secondary N) is 1. The topological polar surface area (TPSA) is 58.6 Å². The molecule has 0 aromatic heterocycles. The number of anilines is 1. The Balaban J connectivity index is 1.92. The van der Waals surface area contributed by atoms with E-state index in [-0.39, 0.29) is 5.56 Å². The summed E-state index contributed by atoms with van der Waals surface area (Å²) < 4.78 is 5.24. The summed E-state index contributed by atoms with van der Waals surface area (Å²) in [5.41, 5.74) is 2.26. The van der Waals surface area contributed by atoms with Gasteiger partial charge in [-0.2, -0.15) is 0 Å². The lowest BCUT2D eigenvalue weighted by atomic mass is 10.1. The maximum Gasteiger partial charge on any atom is 0.335 e. The second-order valence-corrected chi connectivity index (χ2v) is 4.74. The molecule has 2 rings (SSSR count). The molecule has 2 aromatic rings. The molecule has 0 amide bonds. The minimum absolute atomic E-state index is 0.251. The Morgan fingerprint density at radius 3 is 2.62 bits per heavy atom. The van der Waals surface area contributed by atoms with E-state index in [0.717, 1.165) is 19.4 Å². The molecule has 110 valence electrons. The Bertz CT molecular complexity index is 596. The van der Waals surface area contributed by atoms with Gasteiger partial charge in [0.1, 0.15) is 5.75 Å². The van der Waals surface area contributed by atoms with Crippen LogP contribution in [-0.2, 0) is 6.42 Å². The van der Waals surface area contributed by atoms with Gasteiger partial charge in [-0.1, -0.05) is 30.3 Å². The lowest BCUT2D eigenvalue weighted by Gasteiger charge is -2.12. The summed E-state index contributed by atoms with van der Waals surface area (Å²) in [7, 11) is 1.57. The third-order valence-corrected chi connectivity index (χ3v) is 3.25. The number of methoxy groups -OCH3 is 1. The fourth-order valence-electron chi connectivity index (χ4n) is 2.14. The number of aromatic carboxylic acids is 1. The number of benzene rings is 2. The maximum atomic E-state index is 11.0. The van der Waals surface area contributed by atoms with E-state index in [4.69, 9.17) is 9.84 Å². The largest absolute Gasteiger partial charge is 0.495 e. The average molecular weight is 285 g/mol. The van der Waals surface area contributed by atoms with Crippen LogP contribution in [0.25, 0.3) is 0 Å². The van der Waals surface area contributed by atoms with Crippen LogP contribution in [0.5, 0.6) is 5.75 Å². The van der Waals surface area contributed by atoms with Crippen molar-refractivity contribution < 1.29 is 14.6 Å². The van der Waals surface area contributed by atoms with Gasteiger partial charge in [-0.05, 0) is 36.6 Å². The Morgan fingerprint density at radius 2 is 1.95 bits per heavy atom.